The lowest BCUT2D eigenvalue weighted by atomic mass is 9.85. The Morgan fingerprint density at radius 2 is 1.97 bits per heavy atom. The highest BCUT2D eigenvalue weighted by Crippen LogP contribution is 2.44. The number of hydrogen-bond donors (Lipinski definition) is 1. The summed E-state index contributed by atoms with van der Waals surface area (Å²) in [6.07, 6.45) is 5.77. The SMILES string of the molecule is CC(c1nn(C)c(C(OC(C)(C)C)C(=O)O)c1-c1ccc2c(c1)CCCO2)C1CCCC1. The van der Waals surface area contributed by atoms with Gasteiger partial charge in [-0.2, -0.15) is 5.10 Å². The number of nitrogens with zero attached hydrogens (tertiary/aromatic N) is 2. The third-order valence-electron chi connectivity index (χ3n) is 6.80. The van der Waals surface area contributed by atoms with Gasteiger partial charge in [-0.05, 0) is 75.6 Å². The summed E-state index contributed by atoms with van der Waals surface area (Å²) in [5.74, 6) is 0.759. The maximum Gasteiger partial charge on any atom is 0.339 e. The Bertz CT molecular complexity index is 982. The fraction of sp³-hybridized carbons (Fsp3) is 0.615. The monoisotopic (exact) mass is 440 g/mol. The number of aromatic nitrogens is 2. The van der Waals surface area contributed by atoms with Gasteiger partial charge in [-0.25, -0.2) is 4.79 Å². The van der Waals surface area contributed by atoms with Crippen LogP contribution in [0.3, 0.4) is 0 Å². The Balaban J connectivity index is 1.88. The van der Waals surface area contributed by atoms with Crippen molar-refractivity contribution in [1.29, 1.82) is 0 Å². The van der Waals surface area contributed by atoms with Gasteiger partial charge in [0.2, 0.25) is 0 Å². The first-order valence-electron chi connectivity index (χ1n) is 11.9. The maximum absolute atomic E-state index is 12.4. The largest absolute Gasteiger partial charge is 0.493 e. The number of carboxylic acid groups (broad SMARTS) is 1. The molecule has 1 aromatic carbocycles. The van der Waals surface area contributed by atoms with Gasteiger partial charge in [0, 0.05) is 18.5 Å². The van der Waals surface area contributed by atoms with Crippen molar-refractivity contribution in [3.8, 4) is 16.9 Å². The Hall–Kier alpha value is -2.34. The highest BCUT2D eigenvalue weighted by atomic mass is 16.5. The van der Waals surface area contributed by atoms with Crippen molar-refractivity contribution < 1.29 is 19.4 Å². The molecule has 1 N–H and O–H groups in total. The summed E-state index contributed by atoms with van der Waals surface area (Å²) in [5, 5.41) is 15.1. The number of benzene rings is 1. The molecule has 0 spiro atoms. The van der Waals surface area contributed by atoms with Crippen LogP contribution in [0.5, 0.6) is 5.75 Å². The fourth-order valence-electron chi connectivity index (χ4n) is 5.25. The standard InChI is InChI=1S/C26H36N2O4/c1-16(17-9-6-7-10-17)22-21(19-12-13-20-18(15-19)11-8-14-31-20)23(28(5)27-22)24(25(29)30)32-26(2,3)4/h12-13,15-17,24H,6-11,14H2,1-5H3,(H,29,30). The first-order valence-corrected chi connectivity index (χ1v) is 11.9. The fourth-order valence-corrected chi connectivity index (χ4v) is 5.25. The second kappa shape index (κ2) is 8.89. The van der Waals surface area contributed by atoms with E-state index in [2.05, 4.69) is 13.0 Å². The Kier molecular flexibility index (Phi) is 6.35. The number of fused-ring (bicyclic) bond motifs is 1. The van der Waals surface area contributed by atoms with Gasteiger partial charge in [-0.3, -0.25) is 4.68 Å². The third-order valence-corrected chi connectivity index (χ3v) is 6.80. The zero-order chi connectivity index (χ0) is 23.0. The molecule has 174 valence electrons. The summed E-state index contributed by atoms with van der Waals surface area (Å²) in [4.78, 5) is 12.4. The van der Waals surface area contributed by atoms with E-state index in [0.29, 0.717) is 11.6 Å². The molecule has 0 bridgehead atoms. The number of ether oxygens (including phenoxy) is 2. The zero-order valence-electron chi connectivity index (χ0n) is 20.0. The van der Waals surface area contributed by atoms with Crippen LogP contribution >= 0.6 is 0 Å². The van der Waals surface area contributed by atoms with Gasteiger partial charge in [0.05, 0.1) is 23.6 Å². The molecule has 6 nitrogen and oxygen atoms in total. The van der Waals surface area contributed by atoms with Gasteiger partial charge >= 0.3 is 5.97 Å². The van der Waals surface area contributed by atoms with Gasteiger partial charge < -0.3 is 14.6 Å². The Morgan fingerprint density at radius 1 is 1.25 bits per heavy atom. The van der Waals surface area contributed by atoms with Crippen LogP contribution in [0.4, 0.5) is 0 Å². The van der Waals surface area contributed by atoms with Gasteiger partial charge in [0.1, 0.15) is 5.75 Å². The number of hydrogen-bond acceptors (Lipinski definition) is 4. The third kappa shape index (κ3) is 4.56. The molecule has 2 unspecified atom stereocenters. The second-order valence-electron chi connectivity index (χ2n) is 10.3. The van der Waals surface area contributed by atoms with Crippen molar-refractivity contribution >= 4 is 5.97 Å². The van der Waals surface area contributed by atoms with E-state index in [9.17, 15) is 9.90 Å². The first kappa shape index (κ1) is 22.8. The van der Waals surface area contributed by atoms with Crippen LogP contribution < -0.4 is 4.74 Å². The molecule has 1 saturated carbocycles. The molecule has 2 aliphatic rings. The van der Waals surface area contributed by atoms with Crippen molar-refractivity contribution in [2.24, 2.45) is 13.0 Å². The van der Waals surface area contributed by atoms with E-state index < -0.39 is 17.7 Å². The molecule has 2 heterocycles. The number of aliphatic carboxylic acids is 1. The number of carbonyl (C=O) groups is 1. The molecule has 4 rings (SSSR count). The molecule has 2 aromatic rings. The molecular weight excluding hydrogens is 404 g/mol. The van der Waals surface area contributed by atoms with E-state index in [1.54, 1.807) is 4.68 Å². The van der Waals surface area contributed by atoms with Crippen molar-refractivity contribution in [2.75, 3.05) is 6.61 Å². The topological polar surface area (TPSA) is 73.6 Å². The molecule has 0 radical (unpaired) electrons. The highest BCUT2D eigenvalue weighted by molar-refractivity contribution is 5.80. The normalized spacial score (nSPS) is 18.8. The van der Waals surface area contributed by atoms with Gasteiger partial charge in [0.15, 0.2) is 6.10 Å². The Labute approximate surface area is 190 Å². The van der Waals surface area contributed by atoms with E-state index in [-0.39, 0.29) is 5.92 Å². The van der Waals surface area contributed by atoms with E-state index in [0.717, 1.165) is 42.0 Å². The molecule has 1 aliphatic carbocycles. The molecule has 2 atom stereocenters. The first-order chi connectivity index (χ1) is 15.2. The zero-order valence-corrected chi connectivity index (χ0v) is 20.0. The summed E-state index contributed by atoms with van der Waals surface area (Å²) >= 11 is 0. The van der Waals surface area contributed by atoms with E-state index in [4.69, 9.17) is 14.6 Å². The van der Waals surface area contributed by atoms with E-state index in [1.165, 1.54) is 31.2 Å². The van der Waals surface area contributed by atoms with E-state index >= 15 is 0 Å². The number of aryl methyl sites for hydroxylation is 2. The average molecular weight is 441 g/mol. The van der Waals surface area contributed by atoms with Crippen LogP contribution in [-0.4, -0.2) is 33.1 Å². The summed E-state index contributed by atoms with van der Waals surface area (Å²) in [7, 11) is 1.84. The Morgan fingerprint density at radius 3 is 2.62 bits per heavy atom. The van der Waals surface area contributed by atoms with Crippen molar-refractivity contribution in [3.63, 3.8) is 0 Å². The smallest absolute Gasteiger partial charge is 0.339 e. The molecule has 1 aliphatic heterocycles. The molecule has 6 heteroatoms. The van der Waals surface area contributed by atoms with Crippen LogP contribution in [0.2, 0.25) is 0 Å². The minimum absolute atomic E-state index is 0.254. The molecule has 1 fully saturated rings. The van der Waals surface area contributed by atoms with Crippen LogP contribution in [-0.2, 0) is 23.0 Å². The maximum atomic E-state index is 12.4. The lowest BCUT2D eigenvalue weighted by Crippen LogP contribution is -2.29. The molecule has 0 amide bonds. The lowest BCUT2D eigenvalue weighted by molar-refractivity contribution is -0.161. The van der Waals surface area contributed by atoms with Crippen molar-refractivity contribution in [1.82, 2.24) is 9.78 Å². The molecule has 0 saturated heterocycles. The summed E-state index contributed by atoms with van der Waals surface area (Å²) in [6, 6.07) is 6.23. The van der Waals surface area contributed by atoms with Crippen LogP contribution in [0.1, 0.15) is 88.8 Å². The minimum Gasteiger partial charge on any atom is -0.493 e. The summed E-state index contributed by atoms with van der Waals surface area (Å²) in [6.45, 7) is 8.65. The number of rotatable bonds is 6. The summed E-state index contributed by atoms with van der Waals surface area (Å²) < 4.78 is 13.6. The van der Waals surface area contributed by atoms with Crippen molar-refractivity contribution in [2.45, 2.75) is 83.8 Å². The molecule has 1 aromatic heterocycles. The predicted molar refractivity (Wildman–Crippen MR) is 124 cm³/mol. The number of carboxylic acids is 1. The minimum atomic E-state index is -1.10. The average Bonchev–Trinajstić information content (AvgIpc) is 3.38. The predicted octanol–water partition coefficient (Wildman–Crippen LogP) is 5.65. The van der Waals surface area contributed by atoms with E-state index in [1.807, 2.05) is 40.0 Å². The highest BCUT2D eigenvalue weighted by Gasteiger charge is 2.36. The van der Waals surface area contributed by atoms with Gasteiger partial charge in [0.25, 0.3) is 0 Å². The van der Waals surface area contributed by atoms with Crippen molar-refractivity contribution in [3.05, 3.63) is 35.2 Å². The van der Waals surface area contributed by atoms with Crippen LogP contribution in [0.25, 0.3) is 11.1 Å². The van der Waals surface area contributed by atoms with Gasteiger partial charge in [-0.15, -0.1) is 0 Å². The van der Waals surface area contributed by atoms with Crippen LogP contribution in [0, 0.1) is 5.92 Å². The molecular formula is C26H36N2O4. The summed E-state index contributed by atoms with van der Waals surface area (Å²) in [5.41, 5.74) is 4.08. The second-order valence-corrected chi connectivity index (χ2v) is 10.3. The van der Waals surface area contributed by atoms with Crippen LogP contribution in [0.15, 0.2) is 18.2 Å². The quantitative estimate of drug-likeness (QED) is 0.629. The molecule has 32 heavy (non-hydrogen) atoms. The van der Waals surface area contributed by atoms with Gasteiger partial charge in [-0.1, -0.05) is 25.8 Å². The lowest BCUT2D eigenvalue weighted by Gasteiger charge is -2.26.